The summed E-state index contributed by atoms with van der Waals surface area (Å²) in [5.74, 6) is -2.49. The highest BCUT2D eigenvalue weighted by atomic mass is 16.4. The van der Waals surface area contributed by atoms with E-state index in [2.05, 4.69) is 11.5 Å². The van der Waals surface area contributed by atoms with E-state index in [4.69, 9.17) is 15.3 Å². The van der Waals surface area contributed by atoms with Crippen molar-refractivity contribution in [2.45, 2.75) is 18.3 Å². The Kier molecular flexibility index (Phi) is 3.61. The first-order chi connectivity index (χ1) is 5.37. The number of aliphatic hydroxyl groups excluding tert-OH is 3. The summed E-state index contributed by atoms with van der Waals surface area (Å²) >= 11 is 0. The molecule has 0 radical (unpaired) electrons. The molecule has 2 amide bonds. The van der Waals surface area contributed by atoms with E-state index in [0.29, 0.717) is 0 Å². The van der Waals surface area contributed by atoms with Crippen LogP contribution in [0.4, 0.5) is 0 Å². The molecule has 0 aromatic rings. The third-order valence-electron chi connectivity index (χ3n) is 1.23. The fourth-order valence-electron chi connectivity index (χ4n) is 0.509. The van der Waals surface area contributed by atoms with Crippen LogP contribution < -0.4 is 11.5 Å². The second-order valence-corrected chi connectivity index (χ2v) is 2.19. The highest BCUT2D eigenvalue weighted by molar-refractivity contribution is 5.83. The molecule has 7 nitrogen and oxygen atoms in total. The van der Waals surface area contributed by atoms with Gasteiger partial charge in [-0.3, -0.25) is 9.59 Å². The predicted molar refractivity (Wildman–Crippen MR) is 36.4 cm³/mol. The normalized spacial score (nSPS) is 17.9. The Labute approximate surface area is 67.6 Å². The Balaban J connectivity index is 4.28. The summed E-state index contributed by atoms with van der Waals surface area (Å²) in [5, 5.41) is 26.3. The molecule has 0 aromatic heterocycles. The van der Waals surface area contributed by atoms with Crippen LogP contribution in [-0.2, 0) is 9.59 Å². The monoisotopic (exact) mass is 178 g/mol. The van der Waals surface area contributed by atoms with Gasteiger partial charge in [-0.25, -0.2) is 0 Å². The van der Waals surface area contributed by atoms with Gasteiger partial charge in [-0.05, 0) is 0 Å². The van der Waals surface area contributed by atoms with E-state index in [1.165, 1.54) is 0 Å². The molecule has 0 saturated heterocycles. The number of aliphatic hydroxyl groups is 3. The van der Waals surface area contributed by atoms with Crippen molar-refractivity contribution in [1.29, 1.82) is 0 Å². The molecule has 0 aliphatic heterocycles. The maximum Gasteiger partial charge on any atom is 0.249 e. The second-order valence-electron chi connectivity index (χ2n) is 2.19. The van der Waals surface area contributed by atoms with Crippen molar-refractivity contribution in [1.82, 2.24) is 0 Å². The second kappa shape index (κ2) is 4.00. The van der Waals surface area contributed by atoms with Crippen LogP contribution in [0.1, 0.15) is 0 Å². The molecule has 2 atom stereocenters. The third-order valence-corrected chi connectivity index (χ3v) is 1.23. The molecule has 0 aliphatic carbocycles. The van der Waals surface area contributed by atoms with Gasteiger partial charge in [0.15, 0.2) is 12.2 Å². The number of hydrogen-bond donors (Lipinski definition) is 5. The lowest BCUT2D eigenvalue weighted by atomic mass is 10.1. The summed E-state index contributed by atoms with van der Waals surface area (Å²) < 4.78 is 0. The molecule has 7 heteroatoms. The quantitative estimate of drug-likeness (QED) is 0.298. The summed E-state index contributed by atoms with van der Waals surface area (Å²) in [6.07, 6.45) is -6.00. The summed E-state index contributed by atoms with van der Waals surface area (Å²) in [5.41, 5.74) is 9.13. The van der Waals surface area contributed by atoms with Gasteiger partial charge >= 0.3 is 0 Å². The highest BCUT2D eigenvalue weighted by Crippen LogP contribution is 1.98. The lowest BCUT2D eigenvalue weighted by Crippen LogP contribution is -2.50. The standard InChI is InChI=1S/C5H10N2O5/c6-4(11)2(9)1(8)3(10)5(7)12/h1-3,8-10H,(H2,6,11)(H2,7,12). The fraction of sp³-hybridized carbons (Fsp3) is 0.600. The van der Waals surface area contributed by atoms with Crippen LogP contribution in [0.2, 0.25) is 0 Å². The van der Waals surface area contributed by atoms with Crippen molar-refractivity contribution in [3.63, 3.8) is 0 Å². The Hall–Kier alpha value is -1.18. The summed E-state index contributed by atoms with van der Waals surface area (Å²) in [7, 11) is 0. The van der Waals surface area contributed by atoms with E-state index in [9.17, 15) is 9.59 Å². The van der Waals surface area contributed by atoms with Gasteiger partial charge in [0.1, 0.15) is 6.10 Å². The number of nitrogens with two attached hydrogens (primary N) is 2. The lowest BCUT2D eigenvalue weighted by molar-refractivity contribution is -0.145. The van der Waals surface area contributed by atoms with Crippen LogP contribution in [-0.4, -0.2) is 45.4 Å². The van der Waals surface area contributed by atoms with Crippen LogP contribution in [0.15, 0.2) is 0 Å². The van der Waals surface area contributed by atoms with Crippen LogP contribution in [0.3, 0.4) is 0 Å². The maximum absolute atomic E-state index is 10.2. The summed E-state index contributed by atoms with van der Waals surface area (Å²) in [6.45, 7) is 0. The van der Waals surface area contributed by atoms with Gasteiger partial charge in [0, 0.05) is 0 Å². The Morgan fingerprint density at radius 2 is 1.17 bits per heavy atom. The topological polar surface area (TPSA) is 147 Å². The molecule has 0 saturated carbocycles. The first kappa shape index (κ1) is 10.8. The minimum Gasteiger partial charge on any atom is -0.387 e. The van der Waals surface area contributed by atoms with Crippen molar-refractivity contribution in [3.05, 3.63) is 0 Å². The van der Waals surface area contributed by atoms with Crippen molar-refractivity contribution in [2.75, 3.05) is 0 Å². The molecule has 2 unspecified atom stereocenters. The molecule has 70 valence electrons. The molecule has 12 heavy (non-hydrogen) atoms. The zero-order valence-corrected chi connectivity index (χ0v) is 6.04. The highest BCUT2D eigenvalue weighted by Gasteiger charge is 2.31. The van der Waals surface area contributed by atoms with Crippen molar-refractivity contribution in [3.8, 4) is 0 Å². The smallest absolute Gasteiger partial charge is 0.249 e. The van der Waals surface area contributed by atoms with Crippen LogP contribution >= 0.6 is 0 Å². The zero-order valence-electron chi connectivity index (χ0n) is 6.04. The molecule has 0 aliphatic rings. The van der Waals surface area contributed by atoms with E-state index < -0.39 is 30.1 Å². The van der Waals surface area contributed by atoms with Gasteiger partial charge in [-0.15, -0.1) is 0 Å². The number of rotatable bonds is 4. The molecule has 0 aromatic carbocycles. The molecular weight excluding hydrogens is 168 g/mol. The third kappa shape index (κ3) is 2.46. The number of hydrogen-bond acceptors (Lipinski definition) is 5. The number of primary amides is 2. The minimum atomic E-state index is -2.01. The van der Waals surface area contributed by atoms with Gasteiger partial charge in [-0.2, -0.15) is 0 Å². The molecule has 7 N–H and O–H groups in total. The first-order valence-corrected chi connectivity index (χ1v) is 3.00. The van der Waals surface area contributed by atoms with Gasteiger partial charge < -0.3 is 26.8 Å². The molecule has 0 fully saturated rings. The Morgan fingerprint density at radius 3 is 1.33 bits per heavy atom. The van der Waals surface area contributed by atoms with E-state index in [1.807, 2.05) is 0 Å². The number of carbonyl (C=O) groups is 2. The largest absolute Gasteiger partial charge is 0.387 e. The van der Waals surface area contributed by atoms with E-state index in [-0.39, 0.29) is 0 Å². The average Bonchev–Trinajstić information content (AvgIpc) is 2.00. The molecular formula is C5H10N2O5. The van der Waals surface area contributed by atoms with Gasteiger partial charge in [0.25, 0.3) is 0 Å². The lowest BCUT2D eigenvalue weighted by Gasteiger charge is -2.17. The van der Waals surface area contributed by atoms with E-state index in [0.717, 1.165) is 0 Å². The summed E-state index contributed by atoms with van der Waals surface area (Å²) in [4.78, 5) is 20.4. The zero-order chi connectivity index (χ0) is 9.89. The molecule has 0 rings (SSSR count). The van der Waals surface area contributed by atoms with Gasteiger partial charge in [-0.1, -0.05) is 0 Å². The maximum atomic E-state index is 10.2. The Morgan fingerprint density at radius 1 is 0.917 bits per heavy atom. The minimum absolute atomic E-state index is 1.25. The first-order valence-electron chi connectivity index (χ1n) is 3.00. The summed E-state index contributed by atoms with van der Waals surface area (Å²) in [6, 6.07) is 0. The van der Waals surface area contributed by atoms with Crippen LogP contribution in [0.25, 0.3) is 0 Å². The fourth-order valence-corrected chi connectivity index (χ4v) is 0.509. The van der Waals surface area contributed by atoms with Gasteiger partial charge in [0.05, 0.1) is 0 Å². The number of carbonyl (C=O) groups excluding carboxylic acids is 2. The average molecular weight is 178 g/mol. The molecule has 0 bridgehead atoms. The SMILES string of the molecule is NC(=O)C(O)C(O)C(O)C(N)=O. The Bertz CT molecular complexity index is 174. The molecule has 0 heterocycles. The van der Waals surface area contributed by atoms with E-state index >= 15 is 0 Å². The van der Waals surface area contributed by atoms with Crippen LogP contribution in [0.5, 0.6) is 0 Å². The number of amides is 2. The van der Waals surface area contributed by atoms with Gasteiger partial charge in [0.2, 0.25) is 11.8 Å². The van der Waals surface area contributed by atoms with Crippen molar-refractivity contribution < 1.29 is 24.9 Å². The molecule has 0 spiro atoms. The van der Waals surface area contributed by atoms with Crippen LogP contribution in [0, 0.1) is 0 Å². The van der Waals surface area contributed by atoms with E-state index in [1.54, 1.807) is 0 Å². The van der Waals surface area contributed by atoms with Crippen molar-refractivity contribution >= 4 is 11.8 Å². The van der Waals surface area contributed by atoms with Crippen molar-refractivity contribution in [2.24, 2.45) is 11.5 Å². The predicted octanol–water partition coefficient (Wildman–Crippen LogP) is -3.96.